The van der Waals surface area contributed by atoms with Gasteiger partial charge in [0.15, 0.2) is 0 Å². The van der Waals surface area contributed by atoms with Gasteiger partial charge in [-0.15, -0.1) is 0 Å². The van der Waals surface area contributed by atoms with Gasteiger partial charge in [-0.2, -0.15) is 0 Å². The molecule has 0 aromatic carbocycles. The van der Waals surface area contributed by atoms with Gasteiger partial charge in [0.2, 0.25) is 0 Å². The van der Waals surface area contributed by atoms with Gasteiger partial charge in [-0.1, -0.05) is 76.4 Å². The largest absolute Gasteiger partial charge is 0.452 e. The van der Waals surface area contributed by atoms with Gasteiger partial charge in [-0.3, -0.25) is 0 Å². The molecule has 2 unspecified atom stereocenters. The number of hydrogen-bond acceptors (Lipinski definition) is 4. The Bertz CT molecular complexity index is 338. The summed E-state index contributed by atoms with van der Waals surface area (Å²) in [7, 11) is 0. The summed E-state index contributed by atoms with van der Waals surface area (Å²) in [4.78, 5) is 23.0. The van der Waals surface area contributed by atoms with Crippen molar-refractivity contribution in [1.82, 2.24) is 0 Å². The van der Waals surface area contributed by atoms with Crippen molar-refractivity contribution in [2.75, 3.05) is 13.2 Å². The molecule has 0 aliphatic carbocycles. The van der Waals surface area contributed by atoms with Crippen LogP contribution in [0, 0.1) is 11.8 Å². The summed E-state index contributed by atoms with van der Waals surface area (Å²) < 4.78 is 10.1. The fourth-order valence-electron chi connectivity index (χ4n) is 2.31. The maximum absolute atomic E-state index is 11.5. The average Bonchev–Trinajstić information content (AvgIpc) is 2.60. The molecule has 0 N–H and O–H groups in total. The van der Waals surface area contributed by atoms with Gasteiger partial charge in [0, 0.05) is 0 Å². The predicted molar refractivity (Wildman–Crippen MR) is 94.2 cm³/mol. The molecule has 0 aromatic rings. The summed E-state index contributed by atoms with van der Waals surface area (Å²) in [5, 5.41) is 6.53. The van der Waals surface area contributed by atoms with Crippen molar-refractivity contribution in [2.45, 2.75) is 79.1 Å². The number of carbonyl (C=O) groups excluding carboxylic acids is 2. The minimum absolute atomic E-state index is 0.318. The van der Waals surface area contributed by atoms with Crippen LogP contribution in [0.2, 0.25) is 0 Å². The Morgan fingerprint density at radius 1 is 0.750 bits per heavy atom. The average molecular weight is 342 g/mol. The van der Waals surface area contributed by atoms with Crippen LogP contribution < -0.4 is 0 Å². The predicted octanol–water partition coefficient (Wildman–Crippen LogP) is 6.14. The highest BCUT2D eigenvalue weighted by Gasteiger charge is 2.12. The van der Waals surface area contributed by atoms with E-state index in [9.17, 15) is 9.59 Å². The molecule has 140 valence electrons. The molecule has 24 heavy (non-hydrogen) atoms. The highest BCUT2D eigenvalue weighted by Crippen LogP contribution is 2.14. The third-order valence-corrected chi connectivity index (χ3v) is 4.18. The monoisotopic (exact) mass is 342 g/mol. The van der Waals surface area contributed by atoms with Crippen molar-refractivity contribution in [1.29, 1.82) is 0 Å². The zero-order chi connectivity index (χ0) is 18.2. The number of rotatable bonds is 12. The standard InChI is InChI=1S/C18H34N2O4/c1-5-9-11-15(7-3)13-23-17(21)19-20-18(22)24-14-16(8-4)12-10-6-2/h15-16H,5-14H2,1-4H3/b20-19+. The molecule has 0 fully saturated rings. The van der Waals surface area contributed by atoms with E-state index in [1.165, 1.54) is 0 Å². The van der Waals surface area contributed by atoms with E-state index in [2.05, 4.69) is 37.9 Å². The fraction of sp³-hybridized carbons (Fsp3) is 0.889. The maximum Gasteiger partial charge on any atom is 0.452 e. The Labute approximate surface area is 146 Å². The van der Waals surface area contributed by atoms with Crippen molar-refractivity contribution in [2.24, 2.45) is 22.1 Å². The molecule has 2 atom stereocenters. The van der Waals surface area contributed by atoms with Crippen molar-refractivity contribution < 1.29 is 19.1 Å². The van der Waals surface area contributed by atoms with Gasteiger partial charge < -0.3 is 9.47 Å². The van der Waals surface area contributed by atoms with Crippen LogP contribution in [-0.4, -0.2) is 25.4 Å². The van der Waals surface area contributed by atoms with Gasteiger partial charge in [0.1, 0.15) is 0 Å². The van der Waals surface area contributed by atoms with Crippen molar-refractivity contribution in [3.8, 4) is 0 Å². The highest BCUT2D eigenvalue weighted by molar-refractivity contribution is 5.73. The van der Waals surface area contributed by atoms with Crippen LogP contribution in [0.5, 0.6) is 0 Å². The smallest absolute Gasteiger partial charge is 0.447 e. The first kappa shape index (κ1) is 22.5. The van der Waals surface area contributed by atoms with Crippen molar-refractivity contribution >= 4 is 12.2 Å². The first-order chi connectivity index (χ1) is 11.6. The molecule has 2 amide bonds. The van der Waals surface area contributed by atoms with Crippen LogP contribution in [0.4, 0.5) is 9.59 Å². The van der Waals surface area contributed by atoms with Gasteiger partial charge >= 0.3 is 12.2 Å². The summed E-state index contributed by atoms with van der Waals surface area (Å²) in [6, 6.07) is 0. The highest BCUT2D eigenvalue weighted by atomic mass is 16.6. The molecule has 6 heteroatoms. The second-order valence-corrected chi connectivity index (χ2v) is 6.19. The maximum atomic E-state index is 11.5. The number of carbonyl (C=O) groups is 2. The molecule has 0 radical (unpaired) electrons. The number of nitrogens with zero attached hydrogens (tertiary/aromatic N) is 2. The molecule has 0 rings (SSSR count). The number of azo groups is 1. The Balaban J connectivity index is 4.04. The normalized spacial score (nSPS) is 13.7. The Hall–Kier alpha value is -1.46. The quantitative estimate of drug-likeness (QED) is 0.399. The van der Waals surface area contributed by atoms with Gasteiger partial charge in [-0.25, -0.2) is 9.59 Å². The molecule has 0 aliphatic heterocycles. The van der Waals surface area contributed by atoms with E-state index in [0.29, 0.717) is 25.0 Å². The minimum Gasteiger partial charge on any atom is -0.447 e. The van der Waals surface area contributed by atoms with Crippen LogP contribution in [0.1, 0.15) is 79.1 Å². The third kappa shape index (κ3) is 12.0. The molecule has 0 bridgehead atoms. The van der Waals surface area contributed by atoms with E-state index in [0.717, 1.165) is 51.4 Å². The van der Waals surface area contributed by atoms with E-state index in [-0.39, 0.29) is 0 Å². The van der Waals surface area contributed by atoms with Crippen LogP contribution in [-0.2, 0) is 9.47 Å². The van der Waals surface area contributed by atoms with Gasteiger partial charge in [0.05, 0.1) is 13.2 Å². The minimum atomic E-state index is -0.833. The van der Waals surface area contributed by atoms with Gasteiger partial charge in [-0.05, 0) is 24.7 Å². The van der Waals surface area contributed by atoms with E-state index < -0.39 is 12.2 Å². The van der Waals surface area contributed by atoms with E-state index >= 15 is 0 Å². The molecule has 0 spiro atoms. The molecule has 0 aliphatic rings. The second kappa shape index (κ2) is 15.1. The first-order valence-electron chi connectivity index (χ1n) is 9.32. The third-order valence-electron chi connectivity index (χ3n) is 4.18. The Morgan fingerprint density at radius 3 is 1.42 bits per heavy atom. The Morgan fingerprint density at radius 2 is 1.12 bits per heavy atom. The zero-order valence-electron chi connectivity index (χ0n) is 15.8. The lowest BCUT2D eigenvalue weighted by molar-refractivity contribution is 0.122. The lowest BCUT2D eigenvalue weighted by Crippen LogP contribution is -2.13. The van der Waals surface area contributed by atoms with Crippen LogP contribution >= 0.6 is 0 Å². The fourth-order valence-corrected chi connectivity index (χ4v) is 2.31. The molecule has 0 heterocycles. The van der Waals surface area contributed by atoms with Crippen LogP contribution in [0.3, 0.4) is 0 Å². The van der Waals surface area contributed by atoms with E-state index in [1.807, 2.05) is 0 Å². The molecule has 0 aromatic heterocycles. The summed E-state index contributed by atoms with van der Waals surface area (Å²) in [5.41, 5.74) is 0. The SMILES string of the molecule is CCCCC(CC)COC(=O)/N=N/C(=O)OCC(CC)CCCC. The Kier molecular flexibility index (Phi) is 14.2. The summed E-state index contributed by atoms with van der Waals surface area (Å²) in [6.45, 7) is 9.02. The lowest BCUT2D eigenvalue weighted by atomic mass is 10.0. The molecular formula is C18H34N2O4. The number of hydrogen-bond donors (Lipinski definition) is 0. The summed E-state index contributed by atoms with van der Waals surface area (Å²) in [5.74, 6) is 0.667. The molecule has 6 nitrogen and oxygen atoms in total. The molecule has 0 saturated heterocycles. The number of ether oxygens (including phenoxy) is 2. The van der Waals surface area contributed by atoms with E-state index in [1.54, 1.807) is 0 Å². The van der Waals surface area contributed by atoms with E-state index in [4.69, 9.17) is 9.47 Å². The molecular weight excluding hydrogens is 308 g/mol. The van der Waals surface area contributed by atoms with Crippen molar-refractivity contribution in [3.63, 3.8) is 0 Å². The first-order valence-corrected chi connectivity index (χ1v) is 9.32. The summed E-state index contributed by atoms with van der Waals surface area (Å²) >= 11 is 0. The second-order valence-electron chi connectivity index (χ2n) is 6.19. The lowest BCUT2D eigenvalue weighted by Gasteiger charge is -2.13. The van der Waals surface area contributed by atoms with Crippen LogP contribution in [0.15, 0.2) is 10.2 Å². The zero-order valence-corrected chi connectivity index (χ0v) is 15.8. The number of amides is 2. The topological polar surface area (TPSA) is 77.3 Å². The van der Waals surface area contributed by atoms with Crippen molar-refractivity contribution in [3.05, 3.63) is 0 Å². The number of unbranched alkanes of at least 4 members (excludes halogenated alkanes) is 2. The van der Waals surface area contributed by atoms with Crippen LogP contribution in [0.25, 0.3) is 0 Å². The van der Waals surface area contributed by atoms with Gasteiger partial charge in [0.25, 0.3) is 0 Å². The summed E-state index contributed by atoms with van der Waals surface area (Å²) in [6.07, 6.45) is 6.73. The molecule has 0 saturated carbocycles.